The fourth-order valence-electron chi connectivity index (χ4n) is 3.65. The van der Waals surface area contributed by atoms with Crippen LogP contribution in [0.25, 0.3) is 0 Å². The number of carbonyl (C=O) groups is 6. The number of aliphatic carboxylic acids is 2. The Balaban J connectivity index is 2.22. The van der Waals surface area contributed by atoms with Crippen molar-refractivity contribution in [1.82, 2.24) is 16.0 Å². The number of amides is 4. The van der Waals surface area contributed by atoms with E-state index in [2.05, 4.69) is 10.6 Å². The number of carboxylic acids is 2. The second-order valence-electron chi connectivity index (χ2n) is 8.96. The minimum absolute atomic E-state index is 0.0357. The highest BCUT2D eigenvalue weighted by Gasteiger charge is 2.32. The van der Waals surface area contributed by atoms with E-state index in [1.54, 1.807) is 42.5 Å². The number of primary amides is 1. The van der Waals surface area contributed by atoms with Gasteiger partial charge in [-0.25, -0.2) is 4.79 Å². The van der Waals surface area contributed by atoms with Gasteiger partial charge in [0, 0.05) is 6.42 Å². The number of aromatic hydroxyl groups is 1. The number of rotatable bonds is 15. The summed E-state index contributed by atoms with van der Waals surface area (Å²) in [6.45, 7) is 0. The predicted octanol–water partition coefficient (Wildman–Crippen LogP) is -1.61. The molecule has 0 aromatic heterocycles. The maximum atomic E-state index is 13.3. The van der Waals surface area contributed by atoms with Crippen molar-refractivity contribution in [3.8, 4) is 5.75 Å². The number of hydrogen-bond acceptors (Lipinski definition) is 8. The number of benzene rings is 2. The molecule has 0 aliphatic rings. The molecule has 0 saturated carbocycles. The summed E-state index contributed by atoms with van der Waals surface area (Å²) >= 11 is 0. The summed E-state index contributed by atoms with van der Waals surface area (Å²) in [6, 6.07) is 8.70. The van der Waals surface area contributed by atoms with Crippen molar-refractivity contribution in [2.24, 2.45) is 11.5 Å². The Bertz CT molecular complexity index is 1220. The van der Waals surface area contributed by atoms with Gasteiger partial charge >= 0.3 is 11.9 Å². The number of hydrogen-bond donors (Lipinski definition) is 8. The minimum Gasteiger partial charge on any atom is -0.508 e. The van der Waals surface area contributed by atoms with Gasteiger partial charge in [0.1, 0.15) is 23.9 Å². The first-order valence-corrected chi connectivity index (χ1v) is 12.1. The topological polar surface area (TPSA) is 251 Å². The molecule has 40 heavy (non-hydrogen) atoms. The summed E-state index contributed by atoms with van der Waals surface area (Å²) in [5.74, 6) is -6.88. The lowest BCUT2D eigenvalue weighted by atomic mass is 10.0. The zero-order valence-corrected chi connectivity index (χ0v) is 21.3. The molecule has 10 N–H and O–H groups in total. The van der Waals surface area contributed by atoms with Crippen molar-refractivity contribution in [1.29, 1.82) is 0 Å². The average Bonchev–Trinajstić information content (AvgIpc) is 2.88. The molecule has 0 aliphatic carbocycles. The molecule has 2 rings (SSSR count). The highest BCUT2D eigenvalue weighted by molar-refractivity contribution is 5.96. The van der Waals surface area contributed by atoms with Gasteiger partial charge in [-0.15, -0.1) is 0 Å². The molecule has 14 heteroatoms. The third-order valence-corrected chi connectivity index (χ3v) is 5.68. The minimum atomic E-state index is -1.84. The Kier molecular flexibility index (Phi) is 11.6. The molecule has 0 fully saturated rings. The quantitative estimate of drug-likeness (QED) is 0.124. The molecule has 0 bridgehead atoms. The maximum Gasteiger partial charge on any atom is 0.326 e. The summed E-state index contributed by atoms with van der Waals surface area (Å²) in [6.07, 6.45) is -1.64. The Morgan fingerprint density at radius 3 is 1.75 bits per heavy atom. The number of carbonyl (C=O) groups excluding carboxylic acids is 4. The molecule has 0 radical (unpaired) electrons. The smallest absolute Gasteiger partial charge is 0.326 e. The molecule has 4 atom stereocenters. The largest absolute Gasteiger partial charge is 0.508 e. The number of phenolic OH excluding ortho intramolecular Hbond substituents is 1. The van der Waals surface area contributed by atoms with Gasteiger partial charge in [0.05, 0.1) is 18.9 Å². The zero-order valence-electron chi connectivity index (χ0n) is 21.3. The predicted molar refractivity (Wildman–Crippen MR) is 139 cm³/mol. The van der Waals surface area contributed by atoms with Crippen LogP contribution in [0, 0.1) is 0 Å². The van der Waals surface area contributed by atoms with Gasteiger partial charge in [0.25, 0.3) is 0 Å². The highest BCUT2D eigenvalue weighted by Crippen LogP contribution is 2.11. The van der Waals surface area contributed by atoms with E-state index in [1.165, 1.54) is 12.1 Å². The molecule has 0 heterocycles. The van der Waals surface area contributed by atoms with Crippen LogP contribution in [-0.4, -0.2) is 75.1 Å². The summed E-state index contributed by atoms with van der Waals surface area (Å²) < 4.78 is 0. The van der Waals surface area contributed by atoms with Crippen LogP contribution in [0.5, 0.6) is 5.75 Å². The van der Waals surface area contributed by atoms with Gasteiger partial charge in [-0.05, 0) is 29.7 Å². The van der Waals surface area contributed by atoms with Crippen LogP contribution < -0.4 is 27.4 Å². The number of phenols is 1. The lowest BCUT2D eigenvalue weighted by molar-refractivity contribution is -0.147. The molecular formula is C26H31N5O9. The first-order valence-electron chi connectivity index (χ1n) is 12.1. The van der Waals surface area contributed by atoms with E-state index in [9.17, 15) is 39.0 Å². The number of nitrogens with two attached hydrogens (primary N) is 2. The molecular weight excluding hydrogens is 526 g/mol. The molecule has 14 nitrogen and oxygen atoms in total. The Morgan fingerprint density at radius 2 is 1.20 bits per heavy atom. The first kappa shape index (κ1) is 31.2. The van der Waals surface area contributed by atoms with Gasteiger partial charge in [0.15, 0.2) is 0 Å². The monoisotopic (exact) mass is 557 g/mol. The van der Waals surface area contributed by atoms with Crippen molar-refractivity contribution < 1.29 is 44.1 Å². The van der Waals surface area contributed by atoms with E-state index < -0.39 is 72.6 Å². The lowest BCUT2D eigenvalue weighted by Gasteiger charge is -2.24. The summed E-state index contributed by atoms with van der Waals surface area (Å²) in [7, 11) is 0. The number of carboxylic acid groups (broad SMARTS) is 2. The van der Waals surface area contributed by atoms with Crippen LogP contribution in [0.3, 0.4) is 0 Å². The first-order chi connectivity index (χ1) is 18.8. The fourth-order valence-corrected chi connectivity index (χ4v) is 3.65. The fraction of sp³-hybridized carbons (Fsp3) is 0.308. The van der Waals surface area contributed by atoms with Crippen LogP contribution in [0.4, 0.5) is 0 Å². The van der Waals surface area contributed by atoms with Gasteiger partial charge in [-0.2, -0.15) is 0 Å². The van der Waals surface area contributed by atoms with E-state index in [1.807, 2.05) is 5.32 Å². The lowest BCUT2D eigenvalue weighted by Crippen LogP contribution is -2.58. The van der Waals surface area contributed by atoms with Gasteiger partial charge in [-0.1, -0.05) is 42.5 Å². The molecule has 0 saturated heterocycles. The third-order valence-electron chi connectivity index (χ3n) is 5.68. The summed E-state index contributed by atoms with van der Waals surface area (Å²) in [5, 5.41) is 34.3. The van der Waals surface area contributed by atoms with Crippen molar-refractivity contribution >= 4 is 35.6 Å². The van der Waals surface area contributed by atoms with Crippen LogP contribution in [0.1, 0.15) is 24.0 Å². The van der Waals surface area contributed by atoms with Crippen LogP contribution in [0.2, 0.25) is 0 Å². The van der Waals surface area contributed by atoms with E-state index >= 15 is 0 Å². The summed E-state index contributed by atoms with van der Waals surface area (Å²) in [4.78, 5) is 72.8. The van der Waals surface area contributed by atoms with Crippen LogP contribution in [-0.2, 0) is 41.6 Å². The SMILES string of the molecule is NC(=O)CC(NC(=O)C(Cc1ccccc1)NC(=O)C(N)Cc1ccc(O)cc1)C(=O)NC(CC(=O)O)C(=O)O. The molecule has 4 unspecified atom stereocenters. The number of nitrogens with one attached hydrogen (secondary N) is 3. The van der Waals surface area contributed by atoms with E-state index in [-0.39, 0.29) is 18.6 Å². The van der Waals surface area contributed by atoms with Crippen LogP contribution in [0.15, 0.2) is 54.6 Å². The van der Waals surface area contributed by atoms with Crippen LogP contribution >= 0.6 is 0 Å². The van der Waals surface area contributed by atoms with E-state index in [4.69, 9.17) is 16.6 Å². The maximum absolute atomic E-state index is 13.3. The third kappa shape index (κ3) is 10.4. The Labute approximate surface area is 228 Å². The highest BCUT2D eigenvalue weighted by atomic mass is 16.4. The standard InChI is InChI=1S/C26H31N5O9/c27-17(10-15-6-8-16(32)9-7-15)23(36)29-18(11-14-4-2-1-3-5-14)24(37)30-19(12-21(28)33)25(38)31-20(26(39)40)13-22(34)35/h1-9,17-20,32H,10-13,27H2,(H2,28,33)(H,29,36)(H,30,37)(H,31,38)(H,34,35)(H,39,40). The van der Waals surface area contributed by atoms with Gasteiger partial charge in [0.2, 0.25) is 23.6 Å². The van der Waals surface area contributed by atoms with Crippen molar-refractivity contribution in [2.75, 3.05) is 0 Å². The van der Waals surface area contributed by atoms with Gasteiger partial charge < -0.3 is 42.7 Å². The molecule has 0 aliphatic heterocycles. The van der Waals surface area contributed by atoms with E-state index in [0.717, 1.165) is 0 Å². The molecule has 214 valence electrons. The average molecular weight is 558 g/mol. The van der Waals surface area contributed by atoms with Crippen molar-refractivity contribution in [3.63, 3.8) is 0 Å². The second kappa shape index (κ2) is 14.8. The van der Waals surface area contributed by atoms with Crippen molar-refractivity contribution in [2.45, 2.75) is 49.9 Å². The Hall–Kier alpha value is -4.98. The van der Waals surface area contributed by atoms with Gasteiger partial charge in [-0.3, -0.25) is 24.0 Å². The van der Waals surface area contributed by atoms with E-state index in [0.29, 0.717) is 11.1 Å². The normalized spacial score (nSPS) is 13.6. The second-order valence-corrected chi connectivity index (χ2v) is 8.96. The Morgan fingerprint density at radius 1 is 0.675 bits per heavy atom. The molecule has 4 amide bonds. The molecule has 2 aromatic rings. The molecule has 0 spiro atoms. The molecule has 2 aromatic carbocycles. The summed E-state index contributed by atoms with van der Waals surface area (Å²) in [5.41, 5.74) is 12.5. The zero-order chi connectivity index (χ0) is 29.8. The van der Waals surface area contributed by atoms with Crippen molar-refractivity contribution in [3.05, 3.63) is 65.7 Å².